The first-order chi connectivity index (χ1) is 8.49. The van der Waals surface area contributed by atoms with Gasteiger partial charge in [-0.2, -0.15) is 0 Å². The van der Waals surface area contributed by atoms with E-state index >= 15 is 0 Å². The van der Waals surface area contributed by atoms with Crippen LogP contribution in [0.2, 0.25) is 0 Å². The van der Waals surface area contributed by atoms with Gasteiger partial charge in [0.2, 0.25) is 0 Å². The summed E-state index contributed by atoms with van der Waals surface area (Å²) in [5.74, 6) is -0.354. The standard InChI is InChI=1S/C13H17NO4/c1-9(2)7-14-13(17)10-3-5-11(6-4-10)18-8-12(15)16/h3-6,9H,7-8H2,1-2H3,(H,14,17)(H,15,16). The minimum Gasteiger partial charge on any atom is -0.482 e. The zero-order chi connectivity index (χ0) is 13.5. The number of carboxylic acid groups (broad SMARTS) is 1. The Balaban J connectivity index is 2.53. The first-order valence-electron chi connectivity index (χ1n) is 5.72. The molecular formula is C13H17NO4. The second-order valence-electron chi connectivity index (χ2n) is 4.31. The zero-order valence-corrected chi connectivity index (χ0v) is 10.5. The largest absolute Gasteiger partial charge is 0.482 e. The average molecular weight is 251 g/mol. The van der Waals surface area contributed by atoms with E-state index in [0.717, 1.165) is 0 Å². The fraction of sp³-hybridized carbons (Fsp3) is 0.385. The smallest absolute Gasteiger partial charge is 0.341 e. The van der Waals surface area contributed by atoms with Gasteiger partial charge in [-0.05, 0) is 30.2 Å². The molecule has 0 aromatic heterocycles. The van der Waals surface area contributed by atoms with E-state index in [1.165, 1.54) is 0 Å². The predicted octanol–water partition coefficient (Wildman–Crippen LogP) is 1.54. The van der Waals surface area contributed by atoms with Crippen molar-refractivity contribution in [1.82, 2.24) is 5.32 Å². The second kappa shape index (κ2) is 6.64. The van der Waals surface area contributed by atoms with Crippen LogP contribution in [0.25, 0.3) is 0 Å². The first kappa shape index (κ1) is 14.0. The van der Waals surface area contributed by atoms with Crippen molar-refractivity contribution < 1.29 is 19.4 Å². The van der Waals surface area contributed by atoms with Crippen LogP contribution in [0, 0.1) is 5.92 Å². The molecule has 5 heteroatoms. The van der Waals surface area contributed by atoms with E-state index in [0.29, 0.717) is 23.8 Å². The minimum atomic E-state index is -1.03. The van der Waals surface area contributed by atoms with Gasteiger partial charge in [0.15, 0.2) is 6.61 Å². The Kier molecular flexibility index (Phi) is 5.17. The van der Waals surface area contributed by atoms with Gasteiger partial charge < -0.3 is 15.2 Å². The molecule has 0 heterocycles. The number of ether oxygens (including phenoxy) is 1. The third kappa shape index (κ3) is 4.86. The maximum absolute atomic E-state index is 11.7. The van der Waals surface area contributed by atoms with Gasteiger partial charge in [-0.3, -0.25) is 4.79 Å². The number of nitrogens with one attached hydrogen (secondary N) is 1. The Morgan fingerprint density at radius 1 is 1.28 bits per heavy atom. The van der Waals surface area contributed by atoms with Gasteiger partial charge in [0.05, 0.1) is 0 Å². The van der Waals surface area contributed by atoms with Crippen molar-refractivity contribution in [2.45, 2.75) is 13.8 Å². The molecular weight excluding hydrogens is 234 g/mol. The predicted molar refractivity (Wildman–Crippen MR) is 66.7 cm³/mol. The van der Waals surface area contributed by atoms with Crippen LogP contribution < -0.4 is 10.1 Å². The van der Waals surface area contributed by atoms with Gasteiger partial charge in [0.25, 0.3) is 5.91 Å². The quantitative estimate of drug-likeness (QED) is 0.804. The molecule has 0 fully saturated rings. The molecule has 98 valence electrons. The molecule has 0 aliphatic carbocycles. The third-order valence-corrected chi connectivity index (χ3v) is 2.15. The van der Waals surface area contributed by atoms with Gasteiger partial charge in [0.1, 0.15) is 5.75 Å². The van der Waals surface area contributed by atoms with E-state index in [4.69, 9.17) is 9.84 Å². The molecule has 1 aromatic rings. The maximum Gasteiger partial charge on any atom is 0.341 e. The molecule has 1 rings (SSSR count). The maximum atomic E-state index is 11.7. The van der Waals surface area contributed by atoms with Crippen LogP contribution in [0.5, 0.6) is 5.75 Å². The Bertz CT molecular complexity index is 412. The van der Waals surface area contributed by atoms with Crippen molar-refractivity contribution in [2.75, 3.05) is 13.2 Å². The van der Waals surface area contributed by atoms with E-state index in [1.807, 2.05) is 13.8 Å². The lowest BCUT2D eigenvalue weighted by Crippen LogP contribution is -2.27. The summed E-state index contributed by atoms with van der Waals surface area (Å²) >= 11 is 0. The number of rotatable bonds is 6. The summed E-state index contributed by atoms with van der Waals surface area (Å²) in [5.41, 5.74) is 0.526. The lowest BCUT2D eigenvalue weighted by atomic mass is 10.2. The highest BCUT2D eigenvalue weighted by atomic mass is 16.5. The molecule has 0 aliphatic rings. The van der Waals surface area contributed by atoms with Crippen molar-refractivity contribution in [3.05, 3.63) is 29.8 Å². The van der Waals surface area contributed by atoms with Crippen molar-refractivity contribution in [3.63, 3.8) is 0 Å². The molecule has 5 nitrogen and oxygen atoms in total. The summed E-state index contributed by atoms with van der Waals surface area (Å²) in [6.07, 6.45) is 0. The summed E-state index contributed by atoms with van der Waals surface area (Å²) in [6, 6.07) is 6.36. The van der Waals surface area contributed by atoms with Crippen LogP contribution in [-0.2, 0) is 4.79 Å². The van der Waals surface area contributed by atoms with E-state index in [9.17, 15) is 9.59 Å². The summed E-state index contributed by atoms with van der Waals surface area (Å²) in [5, 5.41) is 11.2. The number of aliphatic carboxylic acids is 1. The molecule has 2 N–H and O–H groups in total. The van der Waals surface area contributed by atoms with E-state index in [-0.39, 0.29) is 12.5 Å². The van der Waals surface area contributed by atoms with E-state index in [1.54, 1.807) is 24.3 Å². The fourth-order valence-electron chi connectivity index (χ4n) is 1.25. The number of hydrogen-bond acceptors (Lipinski definition) is 3. The lowest BCUT2D eigenvalue weighted by molar-refractivity contribution is -0.139. The third-order valence-electron chi connectivity index (χ3n) is 2.15. The Labute approximate surface area is 106 Å². The van der Waals surface area contributed by atoms with Gasteiger partial charge in [0, 0.05) is 12.1 Å². The number of carboxylic acids is 1. The van der Waals surface area contributed by atoms with Crippen LogP contribution in [0.3, 0.4) is 0 Å². The molecule has 0 spiro atoms. The van der Waals surface area contributed by atoms with Gasteiger partial charge >= 0.3 is 5.97 Å². The normalized spacial score (nSPS) is 10.2. The van der Waals surface area contributed by atoms with Crippen LogP contribution >= 0.6 is 0 Å². The van der Waals surface area contributed by atoms with Crippen LogP contribution in [0.1, 0.15) is 24.2 Å². The molecule has 0 aliphatic heterocycles. The highest BCUT2D eigenvalue weighted by molar-refractivity contribution is 5.94. The van der Waals surface area contributed by atoms with Crippen molar-refractivity contribution in [1.29, 1.82) is 0 Å². The molecule has 0 radical (unpaired) electrons. The van der Waals surface area contributed by atoms with Crippen LogP contribution in [-0.4, -0.2) is 30.1 Å². The minimum absolute atomic E-state index is 0.145. The monoisotopic (exact) mass is 251 g/mol. The topological polar surface area (TPSA) is 75.6 Å². The lowest BCUT2D eigenvalue weighted by Gasteiger charge is -2.08. The fourth-order valence-corrected chi connectivity index (χ4v) is 1.25. The van der Waals surface area contributed by atoms with Crippen molar-refractivity contribution in [3.8, 4) is 5.75 Å². The highest BCUT2D eigenvalue weighted by Crippen LogP contribution is 2.12. The first-order valence-corrected chi connectivity index (χ1v) is 5.72. The SMILES string of the molecule is CC(C)CNC(=O)c1ccc(OCC(=O)O)cc1. The van der Waals surface area contributed by atoms with Crippen LogP contribution in [0.15, 0.2) is 24.3 Å². The number of hydrogen-bond donors (Lipinski definition) is 2. The molecule has 0 saturated carbocycles. The molecule has 1 amide bonds. The average Bonchev–Trinajstić information content (AvgIpc) is 2.34. The number of benzene rings is 1. The molecule has 0 unspecified atom stereocenters. The highest BCUT2D eigenvalue weighted by Gasteiger charge is 2.06. The van der Waals surface area contributed by atoms with Crippen molar-refractivity contribution in [2.24, 2.45) is 5.92 Å². The summed E-state index contributed by atoms with van der Waals surface area (Å²) in [6.45, 7) is 4.27. The molecule has 18 heavy (non-hydrogen) atoms. The van der Waals surface area contributed by atoms with Gasteiger partial charge in [-0.25, -0.2) is 4.79 Å². The molecule has 0 atom stereocenters. The molecule has 0 bridgehead atoms. The zero-order valence-electron chi connectivity index (χ0n) is 10.5. The van der Waals surface area contributed by atoms with Gasteiger partial charge in [-0.1, -0.05) is 13.8 Å². The summed E-state index contributed by atoms with van der Waals surface area (Å²) < 4.78 is 4.97. The summed E-state index contributed by atoms with van der Waals surface area (Å²) in [4.78, 5) is 22.0. The Morgan fingerprint density at radius 2 is 1.89 bits per heavy atom. The van der Waals surface area contributed by atoms with E-state index < -0.39 is 5.97 Å². The van der Waals surface area contributed by atoms with E-state index in [2.05, 4.69) is 5.32 Å². The Hall–Kier alpha value is -2.04. The molecule has 1 aromatic carbocycles. The Morgan fingerprint density at radius 3 is 2.39 bits per heavy atom. The molecule has 0 saturated heterocycles. The van der Waals surface area contributed by atoms with Gasteiger partial charge in [-0.15, -0.1) is 0 Å². The van der Waals surface area contributed by atoms with Crippen molar-refractivity contribution >= 4 is 11.9 Å². The summed E-state index contributed by atoms with van der Waals surface area (Å²) in [7, 11) is 0. The second-order valence-corrected chi connectivity index (χ2v) is 4.31. The number of carbonyl (C=O) groups excluding carboxylic acids is 1. The number of amides is 1. The van der Waals surface area contributed by atoms with Crippen LogP contribution in [0.4, 0.5) is 0 Å². The number of carbonyl (C=O) groups is 2.